The number of rotatable bonds is 3. The molecule has 0 atom stereocenters. The third-order valence-electron chi connectivity index (χ3n) is 2.25. The maximum absolute atomic E-state index is 8.99. The van der Waals surface area contributed by atoms with Gasteiger partial charge in [0.25, 0.3) is 0 Å². The molecule has 0 saturated carbocycles. The van der Waals surface area contributed by atoms with E-state index in [-0.39, 0.29) is 0 Å². The van der Waals surface area contributed by atoms with E-state index >= 15 is 0 Å². The topological polar surface area (TPSA) is 92.5 Å². The zero-order chi connectivity index (χ0) is 11.6. The second-order valence-corrected chi connectivity index (χ2v) is 4.15. The molecule has 0 fully saturated rings. The SMILES string of the molecule is CC(C)Cc1c(N)cc(B(O)O)cc1N. The van der Waals surface area contributed by atoms with Gasteiger partial charge in [-0.3, -0.25) is 0 Å². The van der Waals surface area contributed by atoms with Gasteiger partial charge in [-0.05, 0) is 35.5 Å². The number of anilines is 2. The van der Waals surface area contributed by atoms with E-state index in [0.29, 0.717) is 22.8 Å². The van der Waals surface area contributed by atoms with Crippen LogP contribution in [0.3, 0.4) is 0 Å². The van der Waals surface area contributed by atoms with Crippen LogP contribution in [0.5, 0.6) is 0 Å². The lowest BCUT2D eigenvalue weighted by atomic mass is 9.78. The van der Waals surface area contributed by atoms with Crippen molar-refractivity contribution in [3.63, 3.8) is 0 Å². The lowest BCUT2D eigenvalue weighted by molar-refractivity contribution is 0.426. The van der Waals surface area contributed by atoms with Gasteiger partial charge in [0, 0.05) is 11.4 Å². The molecule has 6 N–H and O–H groups in total. The molecule has 0 bridgehead atoms. The van der Waals surface area contributed by atoms with Crippen LogP contribution < -0.4 is 16.9 Å². The van der Waals surface area contributed by atoms with Gasteiger partial charge >= 0.3 is 7.12 Å². The number of hydrogen-bond donors (Lipinski definition) is 4. The Morgan fingerprint density at radius 2 is 1.67 bits per heavy atom. The first-order chi connectivity index (χ1) is 6.91. The summed E-state index contributed by atoms with van der Waals surface area (Å²) in [6, 6.07) is 3.11. The van der Waals surface area contributed by atoms with Crippen molar-refractivity contribution < 1.29 is 10.0 Å². The molecule has 0 radical (unpaired) electrons. The highest BCUT2D eigenvalue weighted by atomic mass is 16.4. The fourth-order valence-electron chi connectivity index (χ4n) is 1.53. The van der Waals surface area contributed by atoms with E-state index in [1.54, 1.807) is 12.1 Å². The second-order valence-electron chi connectivity index (χ2n) is 4.15. The number of hydrogen-bond acceptors (Lipinski definition) is 4. The van der Waals surface area contributed by atoms with Gasteiger partial charge in [0.15, 0.2) is 0 Å². The van der Waals surface area contributed by atoms with Crippen molar-refractivity contribution in [3.8, 4) is 0 Å². The highest BCUT2D eigenvalue weighted by Gasteiger charge is 2.15. The Labute approximate surface area is 90.1 Å². The molecular weight excluding hydrogens is 191 g/mol. The zero-order valence-corrected chi connectivity index (χ0v) is 9.07. The molecule has 5 heteroatoms. The standard InChI is InChI=1S/C10H17BN2O2/c1-6(2)3-8-9(12)4-7(11(14)15)5-10(8)13/h4-6,14-15H,3,12-13H2,1-2H3. The van der Waals surface area contributed by atoms with Gasteiger partial charge in [-0.2, -0.15) is 0 Å². The van der Waals surface area contributed by atoms with Gasteiger partial charge in [-0.15, -0.1) is 0 Å². The molecule has 0 saturated heterocycles. The molecule has 0 aliphatic heterocycles. The van der Waals surface area contributed by atoms with Crippen LogP contribution in [0.2, 0.25) is 0 Å². The average molecular weight is 208 g/mol. The fourth-order valence-corrected chi connectivity index (χ4v) is 1.53. The normalized spacial score (nSPS) is 10.7. The average Bonchev–Trinajstić information content (AvgIpc) is 2.10. The van der Waals surface area contributed by atoms with Crippen molar-refractivity contribution in [2.24, 2.45) is 5.92 Å². The van der Waals surface area contributed by atoms with Gasteiger partial charge in [0.1, 0.15) is 0 Å². The molecule has 0 aromatic heterocycles. The summed E-state index contributed by atoms with van der Waals surface area (Å²) in [7, 11) is -1.53. The predicted octanol–water partition coefficient (Wildman–Crippen LogP) is -0.271. The second kappa shape index (κ2) is 4.55. The third-order valence-corrected chi connectivity index (χ3v) is 2.25. The minimum atomic E-state index is -1.53. The van der Waals surface area contributed by atoms with E-state index in [2.05, 4.69) is 13.8 Å². The molecule has 1 rings (SSSR count). The summed E-state index contributed by atoms with van der Waals surface area (Å²) < 4.78 is 0. The van der Waals surface area contributed by atoms with E-state index in [0.717, 1.165) is 12.0 Å². The van der Waals surface area contributed by atoms with E-state index in [1.165, 1.54) is 0 Å². The molecule has 0 spiro atoms. The van der Waals surface area contributed by atoms with Crippen molar-refractivity contribution >= 4 is 24.0 Å². The van der Waals surface area contributed by atoms with Crippen LogP contribution >= 0.6 is 0 Å². The van der Waals surface area contributed by atoms with E-state index in [1.807, 2.05) is 0 Å². The maximum atomic E-state index is 8.99. The van der Waals surface area contributed by atoms with Crippen molar-refractivity contribution in [1.82, 2.24) is 0 Å². The van der Waals surface area contributed by atoms with E-state index in [4.69, 9.17) is 21.5 Å². The number of benzene rings is 1. The lowest BCUT2D eigenvalue weighted by Crippen LogP contribution is -2.30. The molecule has 15 heavy (non-hydrogen) atoms. The van der Waals surface area contributed by atoms with Gasteiger partial charge in [-0.1, -0.05) is 13.8 Å². The highest BCUT2D eigenvalue weighted by molar-refractivity contribution is 6.58. The van der Waals surface area contributed by atoms with Crippen molar-refractivity contribution in [2.75, 3.05) is 11.5 Å². The first kappa shape index (κ1) is 11.9. The summed E-state index contributed by atoms with van der Waals surface area (Å²) >= 11 is 0. The first-order valence-corrected chi connectivity index (χ1v) is 4.95. The summed E-state index contributed by atoms with van der Waals surface area (Å²) in [5.74, 6) is 0.458. The molecule has 4 nitrogen and oxygen atoms in total. The smallest absolute Gasteiger partial charge is 0.423 e. The predicted molar refractivity (Wildman–Crippen MR) is 63.6 cm³/mol. The molecular formula is C10H17BN2O2. The van der Waals surface area contributed by atoms with Gasteiger partial charge in [-0.25, -0.2) is 0 Å². The minimum absolute atomic E-state index is 0.331. The van der Waals surface area contributed by atoms with Crippen LogP contribution in [-0.4, -0.2) is 17.2 Å². The van der Waals surface area contributed by atoms with E-state index in [9.17, 15) is 0 Å². The lowest BCUT2D eigenvalue weighted by Gasteiger charge is -2.13. The quantitative estimate of drug-likeness (QED) is 0.406. The van der Waals surface area contributed by atoms with Gasteiger partial charge < -0.3 is 21.5 Å². The van der Waals surface area contributed by atoms with Crippen LogP contribution in [0.4, 0.5) is 11.4 Å². The Kier molecular flexibility index (Phi) is 3.60. The summed E-state index contributed by atoms with van der Waals surface area (Å²) in [5, 5.41) is 18.0. The Hall–Kier alpha value is -1.20. The molecule has 0 unspecified atom stereocenters. The number of nitrogen functional groups attached to an aromatic ring is 2. The Morgan fingerprint density at radius 3 is 2.00 bits per heavy atom. The molecule has 0 aliphatic carbocycles. The summed E-state index contributed by atoms with van der Waals surface area (Å²) in [6.45, 7) is 4.15. The monoisotopic (exact) mass is 208 g/mol. The number of nitrogens with two attached hydrogens (primary N) is 2. The molecule has 0 heterocycles. The molecule has 0 amide bonds. The van der Waals surface area contributed by atoms with Crippen molar-refractivity contribution in [1.29, 1.82) is 0 Å². The maximum Gasteiger partial charge on any atom is 0.488 e. The zero-order valence-electron chi connectivity index (χ0n) is 9.07. The molecule has 1 aromatic carbocycles. The Morgan fingerprint density at radius 1 is 1.20 bits per heavy atom. The molecule has 1 aromatic rings. The van der Waals surface area contributed by atoms with Crippen molar-refractivity contribution in [2.45, 2.75) is 20.3 Å². The third kappa shape index (κ3) is 2.87. The van der Waals surface area contributed by atoms with E-state index < -0.39 is 7.12 Å². The fraction of sp³-hybridized carbons (Fsp3) is 0.400. The van der Waals surface area contributed by atoms with Crippen LogP contribution in [-0.2, 0) is 6.42 Å². The molecule has 0 aliphatic rings. The highest BCUT2D eigenvalue weighted by Crippen LogP contribution is 2.21. The largest absolute Gasteiger partial charge is 0.488 e. The van der Waals surface area contributed by atoms with Crippen LogP contribution in [0.25, 0.3) is 0 Å². The Bertz CT molecular complexity index is 330. The minimum Gasteiger partial charge on any atom is -0.423 e. The molecule has 82 valence electrons. The summed E-state index contributed by atoms with van der Waals surface area (Å²) in [4.78, 5) is 0. The van der Waals surface area contributed by atoms with Gasteiger partial charge in [0.05, 0.1) is 0 Å². The summed E-state index contributed by atoms with van der Waals surface area (Å²) in [5.41, 5.74) is 13.9. The summed E-state index contributed by atoms with van der Waals surface area (Å²) in [6.07, 6.45) is 0.791. The van der Waals surface area contributed by atoms with Crippen molar-refractivity contribution in [3.05, 3.63) is 17.7 Å². The Balaban J connectivity index is 3.10. The van der Waals surface area contributed by atoms with Gasteiger partial charge in [0.2, 0.25) is 0 Å². The first-order valence-electron chi connectivity index (χ1n) is 4.95. The van der Waals surface area contributed by atoms with Crippen LogP contribution in [0, 0.1) is 5.92 Å². The van der Waals surface area contributed by atoms with Crippen LogP contribution in [0.1, 0.15) is 19.4 Å². The van der Waals surface area contributed by atoms with Crippen LogP contribution in [0.15, 0.2) is 12.1 Å².